The molecule has 1 fully saturated rings. The molecule has 21 heavy (non-hydrogen) atoms. The van der Waals surface area contributed by atoms with E-state index in [4.69, 9.17) is 4.42 Å². The average molecular weight is 308 g/mol. The first-order chi connectivity index (χ1) is 9.74. The third-order valence-electron chi connectivity index (χ3n) is 3.78. The Labute approximate surface area is 129 Å². The molecule has 112 valence electrons. The van der Waals surface area contributed by atoms with Gasteiger partial charge in [0.05, 0.1) is 6.20 Å². The van der Waals surface area contributed by atoms with Gasteiger partial charge in [-0.3, -0.25) is 4.79 Å². The van der Waals surface area contributed by atoms with Crippen LogP contribution in [0.3, 0.4) is 0 Å². The topological polar surface area (TPSA) is 67.2 Å². The Hall–Kier alpha value is -1.85. The Morgan fingerprint density at radius 3 is 2.90 bits per heavy atom. The molecule has 2 aromatic rings. The van der Waals surface area contributed by atoms with Crippen molar-refractivity contribution in [3.8, 4) is 11.3 Å². The number of hydrogen-bond donors (Lipinski definition) is 2. The molecular formula is C15H18ClN3O2. The first-order valence-electron chi connectivity index (χ1n) is 6.74. The van der Waals surface area contributed by atoms with Gasteiger partial charge in [-0.1, -0.05) is 19.1 Å². The fourth-order valence-electron chi connectivity index (χ4n) is 2.24. The van der Waals surface area contributed by atoms with Crippen molar-refractivity contribution in [2.24, 2.45) is 11.8 Å². The molecule has 5 nitrogen and oxygen atoms in total. The zero-order valence-corrected chi connectivity index (χ0v) is 12.5. The Morgan fingerprint density at radius 2 is 2.29 bits per heavy atom. The van der Waals surface area contributed by atoms with Gasteiger partial charge in [-0.05, 0) is 31.1 Å². The molecule has 2 N–H and O–H groups in total. The third kappa shape index (κ3) is 3.43. The molecule has 3 rings (SSSR count). The van der Waals surface area contributed by atoms with E-state index in [0.29, 0.717) is 11.7 Å². The van der Waals surface area contributed by atoms with Crippen molar-refractivity contribution in [3.05, 3.63) is 36.9 Å². The normalized spacial score (nSPS) is 15.7. The first-order valence-corrected chi connectivity index (χ1v) is 6.74. The van der Waals surface area contributed by atoms with E-state index in [2.05, 4.69) is 15.6 Å². The number of rotatable bonds is 4. The summed E-state index contributed by atoms with van der Waals surface area (Å²) in [6, 6.07) is 7.59. The largest absolute Gasteiger partial charge is 0.444 e. The molecule has 1 aromatic heterocycles. The van der Waals surface area contributed by atoms with E-state index >= 15 is 0 Å². The van der Waals surface area contributed by atoms with Crippen LogP contribution in [0, 0.1) is 11.8 Å². The number of halogens is 1. The van der Waals surface area contributed by atoms with Crippen molar-refractivity contribution < 1.29 is 9.21 Å². The lowest BCUT2D eigenvalue weighted by Gasteiger charge is -2.31. The molecule has 1 saturated heterocycles. The summed E-state index contributed by atoms with van der Waals surface area (Å²) in [5, 5.41) is 6.15. The van der Waals surface area contributed by atoms with Crippen LogP contribution in [-0.4, -0.2) is 24.0 Å². The van der Waals surface area contributed by atoms with E-state index in [1.807, 2.05) is 31.2 Å². The van der Waals surface area contributed by atoms with E-state index in [0.717, 1.165) is 24.3 Å². The maximum absolute atomic E-state index is 12.2. The molecule has 0 aliphatic carbocycles. The highest BCUT2D eigenvalue weighted by atomic mass is 35.5. The summed E-state index contributed by atoms with van der Waals surface area (Å²) >= 11 is 0. The van der Waals surface area contributed by atoms with Crippen LogP contribution >= 0.6 is 12.4 Å². The van der Waals surface area contributed by atoms with Gasteiger partial charge in [0.15, 0.2) is 12.2 Å². The Bertz CT molecular complexity index is 597. The number of oxazole rings is 1. The standard InChI is InChI=1S/C15H17N3O2.ClH/c1-10(12-6-16-7-12)15(19)18-13-4-2-3-11(5-13)14-8-17-9-20-14;/h2-5,8-10,12,16H,6-7H2,1H3,(H,18,19);1H. The molecular weight excluding hydrogens is 290 g/mol. The minimum Gasteiger partial charge on any atom is -0.444 e. The van der Waals surface area contributed by atoms with Gasteiger partial charge in [-0.25, -0.2) is 4.98 Å². The van der Waals surface area contributed by atoms with E-state index in [1.54, 1.807) is 6.20 Å². The van der Waals surface area contributed by atoms with Crippen molar-refractivity contribution in [1.29, 1.82) is 0 Å². The summed E-state index contributed by atoms with van der Waals surface area (Å²) in [6.07, 6.45) is 3.05. The van der Waals surface area contributed by atoms with Gasteiger partial charge >= 0.3 is 0 Å². The SMILES string of the molecule is CC(C(=O)Nc1cccc(-c2cnco2)c1)C1CNC1.Cl. The maximum atomic E-state index is 12.2. The van der Waals surface area contributed by atoms with Crippen LogP contribution in [0.15, 0.2) is 41.3 Å². The van der Waals surface area contributed by atoms with E-state index in [-0.39, 0.29) is 24.2 Å². The highest BCUT2D eigenvalue weighted by molar-refractivity contribution is 5.93. The lowest BCUT2D eigenvalue weighted by atomic mass is 9.88. The molecule has 1 aliphatic heterocycles. The smallest absolute Gasteiger partial charge is 0.227 e. The van der Waals surface area contributed by atoms with E-state index in [9.17, 15) is 4.79 Å². The minimum absolute atomic E-state index is 0. The molecule has 0 radical (unpaired) electrons. The van der Waals surface area contributed by atoms with Crippen molar-refractivity contribution in [2.75, 3.05) is 18.4 Å². The zero-order valence-electron chi connectivity index (χ0n) is 11.7. The Balaban J connectivity index is 0.00000161. The summed E-state index contributed by atoms with van der Waals surface area (Å²) in [5.74, 6) is 1.21. The molecule has 6 heteroatoms. The number of anilines is 1. The minimum atomic E-state index is 0. The van der Waals surface area contributed by atoms with Crippen molar-refractivity contribution in [1.82, 2.24) is 10.3 Å². The Morgan fingerprint density at radius 1 is 1.48 bits per heavy atom. The summed E-state index contributed by atoms with van der Waals surface area (Å²) < 4.78 is 5.26. The molecule has 0 saturated carbocycles. The van der Waals surface area contributed by atoms with Gasteiger partial charge in [-0.15, -0.1) is 12.4 Å². The number of carbonyl (C=O) groups excluding carboxylic acids is 1. The molecule has 1 aromatic carbocycles. The molecule has 2 heterocycles. The summed E-state index contributed by atoms with van der Waals surface area (Å²) in [5.41, 5.74) is 1.68. The van der Waals surface area contributed by atoms with Crippen molar-refractivity contribution in [3.63, 3.8) is 0 Å². The van der Waals surface area contributed by atoms with Gasteiger partial charge in [0.25, 0.3) is 0 Å². The molecule has 0 bridgehead atoms. The number of amides is 1. The highest BCUT2D eigenvalue weighted by Crippen LogP contribution is 2.23. The van der Waals surface area contributed by atoms with Crippen LogP contribution in [0.4, 0.5) is 5.69 Å². The van der Waals surface area contributed by atoms with E-state index in [1.165, 1.54) is 6.39 Å². The Kier molecular flexibility index (Phi) is 4.98. The molecule has 1 atom stereocenters. The first kappa shape index (κ1) is 15.5. The quantitative estimate of drug-likeness (QED) is 0.911. The van der Waals surface area contributed by atoms with Crippen LogP contribution in [0.25, 0.3) is 11.3 Å². The van der Waals surface area contributed by atoms with Crippen LogP contribution in [-0.2, 0) is 4.79 Å². The van der Waals surface area contributed by atoms with Gasteiger partial charge in [0.2, 0.25) is 5.91 Å². The van der Waals surface area contributed by atoms with Crippen LogP contribution in [0.1, 0.15) is 6.92 Å². The number of carbonyl (C=O) groups is 1. The van der Waals surface area contributed by atoms with E-state index < -0.39 is 0 Å². The third-order valence-corrected chi connectivity index (χ3v) is 3.78. The number of aromatic nitrogens is 1. The van der Waals surface area contributed by atoms with Gasteiger partial charge in [0, 0.05) is 17.2 Å². The fourth-order valence-corrected chi connectivity index (χ4v) is 2.24. The maximum Gasteiger partial charge on any atom is 0.227 e. The predicted octanol–water partition coefficient (Wildman–Crippen LogP) is 2.56. The van der Waals surface area contributed by atoms with Crippen LogP contribution in [0.5, 0.6) is 0 Å². The fraction of sp³-hybridized carbons (Fsp3) is 0.333. The number of benzene rings is 1. The summed E-state index contributed by atoms with van der Waals surface area (Å²) in [6.45, 7) is 3.82. The number of nitrogens with zero attached hydrogens (tertiary/aromatic N) is 1. The van der Waals surface area contributed by atoms with Crippen molar-refractivity contribution in [2.45, 2.75) is 6.92 Å². The second-order valence-corrected chi connectivity index (χ2v) is 5.14. The number of hydrogen-bond acceptors (Lipinski definition) is 4. The van der Waals surface area contributed by atoms with Crippen molar-refractivity contribution >= 4 is 24.0 Å². The lowest BCUT2D eigenvalue weighted by molar-refractivity contribution is -0.121. The summed E-state index contributed by atoms with van der Waals surface area (Å²) in [7, 11) is 0. The molecule has 1 amide bonds. The predicted molar refractivity (Wildman–Crippen MR) is 83.3 cm³/mol. The van der Waals surface area contributed by atoms with Gasteiger partial charge < -0.3 is 15.1 Å². The molecule has 0 spiro atoms. The lowest BCUT2D eigenvalue weighted by Crippen LogP contribution is -2.48. The monoisotopic (exact) mass is 307 g/mol. The van der Waals surface area contributed by atoms with Gasteiger partial charge in [0.1, 0.15) is 0 Å². The molecule has 1 unspecified atom stereocenters. The van der Waals surface area contributed by atoms with Crippen LogP contribution in [0.2, 0.25) is 0 Å². The average Bonchev–Trinajstić information content (AvgIpc) is 2.90. The highest BCUT2D eigenvalue weighted by Gasteiger charge is 2.28. The summed E-state index contributed by atoms with van der Waals surface area (Å²) in [4.78, 5) is 16.1. The zero-order chi connectivity index (χ0) is 13.9. The number of nitrogens with one attached hydrogen (secondary N) is 2. The molecule has 1 aliphatic rings. The second kappa shape index (κ2) is 6.74. The van der Waals surface area contributed by atoms with Crippen LogP contribution < -0.4 is 10.6 Å². The van der Waals surface area contributed by atoms with Gasteiger partial charge in [-0.2, -0.15) is 0 Å². The second-order valence-electron chi connectivity index (χ2n) is 5.14.